The molecule has 0 atom stereocenters. The summed E-state index contributed by atoms with van der Waals surface area (Å²) >= 11 is 0.854. The Kier molecular flexibility index (Phi) is 6.03. The molecule has 5 rings (SSSR count). The molecule has 2 aliphatic rings. The Morgan fingerprint density at radius 1 is 1.20 bits per heavy atom. The second-order valence-corrected chi connectivity index (χ2v) is 9.38. The first-order valence-electron chi connectivity index (χ1n) is 11.2. The number of carbonyl (C=O) groups is 2. The van der Waals surface area contributed by atoms with Crippen molar-refractivity contribution in [1.82, 2.24) is 24.8 Å². The molecule has 2 aliphatic heterocycles. The minimum Gasteiger partial charge on any atom is -0.446 e. The van der Waals surface area contributed by atoms with Crippen molar-refractivity contribution in [3.8, 4) is 0 Å². The van der Waals surface area contributed by atoms with Crippen molar-refractivity contribution < 1.29 is 27.5 Å². The van der Waals surface area contributed by atoms with Crippen molar-refractivity contribution in [2.45, 2.75) is 38.2 Å². The summed E-state index contributed by atoms with van der Waals surface area (Å²) in [6.45, 7) is 2.36. The van der Waals surface area contributed by atoms with Gasteiger partial charge in [0.15, 0.2) is 0 Å². The van der Waals surface area contributed by atoms with E-state index in [2.05, 4.69) is 15.3 Å². The lowest BCUT2D eigenvalue weighted by atomic mass is 10.1. The van der Waals surface area contributed by atoms with Crippen LogP contribution in [0.1, 0.15) is 34.5 Å². The lowest BCUT2D eigenvalue weighted by molar-refractivity contribution is -0.136. The van der Waals surface area contributed by atoms with Crippen molar-refractivity contribution in [3.63, 3.8) is 0 Å². The number of carbonyl (C=O) groups excluding carboxylic acids is 2. The molecule has 0 aromatic carbocycles. The van der Waals surface area contributed by atoms with Gasteiger partial charge in [0.2, 0.25) is 0 Å². The number of aromatic nitrogens is 3. The summed E-state index contributed by atoms with van der Waals surface area (Å²) in [5.74, 6) is -0.331. The van der Waals surface area contributed by atoms with Gasteiger partial charge in [-0.05, 0) is 6.07 Å². The van der Waals surface area contributed by atoms with Crippen LogP contribution >= 0.6 is 11.3 Å². The van der Waals surface area contributed by atoms with Gasteiger partial charge in [-0.1, -0.05) is 0 Å². The van der Waals surface area contributed by atoms with Crippen LogP contribution in [0.25, 0.3) is 10.2 Å². The molecule has 5 heterocycles. The number of thiophene rings is 1. The van der Waals surface area contributed by atoms with E-state index < -0.39 is 23.7 Å². The van der Waals surface area contributed by atoms with Gasteiger partial charge in [0.25, 0.3) is 5.91 Å². The number of rotatable bonds is 3. The van der Waals surface area contributed by atoms with Crippen LogP contribution in [0, 0.1) is 0 Å². The summed E-state index contributed by atoms with van der Waals surface area (Å²) in [5.41, 5.74) is 0.286. The molecule has 1 N–H and O–H groups in total. The third kappa shape index (κ3) is 4.51. The van der Waals surface area contributed by atoms with Crippen LogP contribution in [0.15, 0.2) is 24.0 Å². The number of hydrogen-bond donors (Lipinski definition) is 1. The van der Waals surface area contributed by atoms with Crippen LogP contribution < -0.4 is 10.2 Å². The van der Waals surface area contributed by atoms with Crippen molar-refractivity contribution >= 4 is 39.4 Å². The van der Waals surface area contributed by atoms with Crippen molar-refractivity contribution in [2.24, 2.45) is 0 Å². The van der Waals surface area contributed by atoms with E-state index in [4.69, 9.17) is 4.74 Å². The quantitative estimate of drug-likeness (QED) is 0.582. The number of nitrogens with zero attached hydrogens (tertiary/aromatic N) is 5. The summed E-state index contributed by atoms with van der Waals surface area (Å²) in [7, 11) is 1.42. The largest absolute Gasteiger partial charge is 0.446 e. The molecule has 3 aromatic rings. The Morgan fingerprint density at radius 2 is 1.97 bits per heavy atom. The molecule has 0 spiro atoms. The first-order chi connectivity index (χ1) is 16.7. The van der Waals surface area contributed by atoms with E-state index in [9.17, 15) is 22.8 Å². The molecular weight excluding hydrogens is 485 g/mol. The number of hydrogen-bond acceptors (Lipinski definition) is 7. The molecular formula is C22H23F3N6O3S. The number of fused-ring (bicyclic) bond motifs is 2. The van der Waals surface area contributed by atoms with Gasteiger partial charge >= 0.3 is 12.3 Å². The van der Waals surface area contributed by atoms with E-state index in [1.54, 1.807) is 22.3 Å². The third-order valence-electron chi connectivity index (χ3n) is 6.34. The number of anilines is 1. The van der Waals surface area contributed by atoms with Gasteiger partial charge in [0.1, 0.15) is 11.9 Å². The van der Waals surface area contributed by atoms with Crippen LogP contribution in [0.3, 0.4) is 0 Å². The first kappa shape index (κ1) is 23.4. The molecule has 3 aromatic heterocycles. The molecule has 186 valence electrons. The van der Waals surface area contributed by atoms with Gasteiger partial charge in [-0.25, -0.2) is 14.8 Å². The third-order valence-corrected chi connectivity index (χ3v) is 7.34. The number of amides is 2. The second kappa shape index (κ2) is 9.02. The van der Waals surface area contributed by atoms with Crippen molar-refractivity contribution in [3.05, 3.63) is 40.8 Å². The highest BCUT2D eigenvalue weighted by atomic mass is 32.1. The number of imidazole rings is 1. The molecule has 13 heteroatoms. The van der Waals surface area contributed by atoms with E-state index in [0.717, 1.165) is 23.1 Å². The molecule has 0 unspecified atom stereocenters. The SMILES string of the molecule is CNC(=O)c1csc2c(C(F)(F)F)cc(N3CCC(OC(=O)N4CCn5cncc5C4)CC3)nc12. The summed E-state index contributed by atoms with van der Waals surface area (Å²) in [6.07, 6.45) is -0.938. The molecule has 1 saturated heterocycles. The van der Waals surface area contributed by atoms with Crippen LogP contribution in [0.4, 0.5) is 23.8 Å². The first-order valence-corrected chi connectivity index (χ1v) is 12.0. The number of pyridine rings is 1. The van der Waals surface area contributed by atoms with Crippen LogP contribution in [0.2, 0.25) is 0 Å². The molecule has 0 radical (unpaired) electrons. The predicted molar refractivity (Wildman–Crippen MR) is 122 cm³/mol. The standard InChI is InChI=1S/C22H23F3N6O3S/c1-26-20(32)15-11-35-19-16(22(23,24)25)8-17(28-18(15)19)29-4-2-14(3-5-29)34-21(33)30-6-7-31-12-27-9-13(31)10-30/h8-9,11-12,14H,2-7,10H2,1H3,(H,26,32). The lowest BCUT2D eigenvalue weighted by Crippen LogP contribution is -2.43. The minimum atomic E-state index is -4.58. The highest BCUT2D eigenvalue weighted by molar-refractivity contribution is 7.17. The fourth-order valence-corrected chi connectivity index (χ4v) is 5.45. The lowest BCUT2D eigenvalue weighted by Gasteiger charge is -2.34. The molecule has 9 nitrogen and oxygen atoms in total. The van der Waals surface area contributed by atoms with Crippen molar-refractivity contribution in [1.29, 1.82) is 0 Å². The summed E-state index contributed by atoms with van der Waals surface area (Å²) in [4.78, 5) is 36.7. The Bertz CT molecular complexity index is 1270. The average Bonchev–Trinajstić information content (AvgIpc) is 3.49. The summed E-state index contributed by atoms with van der Waals surface area (Å²) < 4.78 is 49.0. The number of ether oxygens (including phenoxy) is 1. The topological polar surface area (TPSA) is 92.6 Å². The van der Waals surface area contributed by atoms with Gasteiger partial charge in [-0.3, -0.25) is 4.79 Å². The molecule has 0 saturated carbocycles. The zero-order chi connectivity index (χ0) is 24.7. The van der Waals surface area contributed by atoms with E-state index in [1.807, 2.05) is 4.57 Å². The van der Waals surface area contributed by atoms with E-state index in [-0.39, 0.29) is 27.7 Å². The Balaban J connectivity index is 1.29. The summed E-state index contributed by atoms with van der Waals surface area (Å²) in [5, 5.41) is 3.84. The van der Waals surface area contributed by atoms with Gasteiger partial charge in [0.05, 0.1) is 39.9 Å². The van der Waals surface area contributed by atoms with Crippen molar-refractivity contribution in [2.75, 3.05) is 31.6 Å². The smallest absolute Gasteiger partial charge is 0.417 e. The maximum absolute atomic E-state index is 13.8. The van der Waals surface area contributed by atoms with Crippen LogP contribution in [0.5, 0.6) is 0 Å². The predicted octanol–water partition coefficient (Wildman–Crippen LogP) is 3.49. The highest BCUT2D eigenvalue weighted by Crippen LogP contribution is 2.40. The summed E-state index contributed by atoms with van der Waals surface area (Å²) in [6, 6.07) is 1.04. The van der Waals surface area contributed by atoms with Gasteiger partial charge in [0, 0.05) is 57.6 Å². The highest BCUT2D eigenvalue weighted by Gasteiger charge is 2.36. The van der Waals surface area contributed by atoms with E-state index in [0.29, 0.717) is 45.6 Å². The Hall–Kier alpha value is -3.35. The zero-order valence-electron chi connectivity index (χ0n) is 18.8. The van der Waals surface area contributed by atoms with E-state index in [1.165, 1.54) is 12.4 Å². The maximum Gasteiger partial charge on any atom is 0.417 e. The van der Waals surface area contributed by atoms with Crippen LogP contribution in [-0.2, 0) is 24.0 Å². The molecule has 35 heavy (non-hydrogen) atoms. The Morgan fingerprint density at radius 3 is 2.69 bits per heavy atom. The normalized spacial score (nSPS) is 16.9. The molecule has 0 aliphatic carbocycles. The number of alkyl halides is 3. The molecule has 1 fully saturated rings. The van der Waals surface area contributed by atoms with Gasteiger partial charge in [-0.2, -0.15) is 13.2 Å². The van der Waals surface area contributed by atoms with Gasteiger partial charge in [-0.15, -0.1) is 11.3 Å². The zero-order valence-corrected chi connectivity index (χ0v) is 19.7. The number of nitrogens with one attached hydrogen (secondary N) is 1. The monoisotopic (exact) mass is 508 g/mol. The fraction of sp³-hybridized carbons (Fsp3) is 0.455. The fourth-order valence-electron chi connectivity index (χ4n) is 4.42. The van der Waals surface area contributed by atoms with Gasteiger partial charge < -0.3 is 24.4 Å². The number of halogens is 3. The number of piperidine rings is 1. The second-order valence-electron chi connectivity index (χ2n) is 8.50. The van der Waals surface area contributed by atoms with Crippen LogP contribution in [-0.4, -0.2) is 64.2 Å². The minimum absolute atomic E-state index is 0.0389. The average molecular weight is 509 g/mol. The Labute approximate surface area is 202 Å². The molecule has 2 amide bonds. The molecule has 0 bridgehead atoms. The van der Waals surface area contributed by atoms with E-state index >= 15 is 0 Å². The maximum atomic E-state index is 13.8.